The zero-order valence-corrected chi connectivity index (χ0v) is 7.57. The summed E-state index contributed by atoms with van der Waals surface area (Å²) in [5, 5.41) is 0. The molecule has 0 saturated carbocycles. The first-order chi connectivity index (χ1) is 0. The van der Waals surface area contributed by atoms with Crippen LogP contribution in [-0.2, 0) is 60.3 Å². The van der Waals surface area contributed by atoms with Crippen LogP contribution in [0.2, 0.25) is 0 Å². The predicted octanol–water partition coefficient (Wildman–Crippen LogP) is -0.388. The van der Waals surface area contributed by atoms with Crippen molar-refractivity contribution in [2.75, 3.05) is 0 Å². The van der Waals surface area contributed by atoms with Crippen molar-refractivity contribution in [3.8, 4) is 0 Å². The first-order valence-electron chi connectivity index (χ1n) is 0. The molecule has 0 nitrogen and oxygen atoms in total. The van der Waals surface area contributed by atoms with Gasteiger partial charge < -0.3 is 0 Å². The first kappa shape index (κ1) is 29.9. The molecule has 0 amide bonds. The second kappa shape index (κ2) is 17.3. The summed E-state index contributed by atoms with van der Waals surface area (Å²) in [5.41, 5.74) is 0. The minimum Gasteiger partial charge on any atom is 0 e. The van der Waals surface area contributed by atoms with Crippen LogP contribution in [0.1, 0.15) is 0 Å². The molecule has 0 N–H and O–H groups in total. The Hall–Kier alpha value is 2.69. The van der Waals surface area contributed by atoms with Gasteiger partial charge in [-0.15, -0.1) is 0 Å². The summed E-state index contributed by atoms with van der Waals surface area (Å²) in [7, 11) is 0. The Labute approximate surface area is 82.1 Å². The third kappa shape index (κ3) is 8.82. The fraction of sp³-hybridized carbons (Fsp3) is 0. The zero-order chi connectivity index (χ0) is 0. The van der Waals surface area contributed by atoms with Gasteiger partial charge in [0, 0.05) is 83.4 Å². The van der Waals surface area contributed by atoms with Gasteiger partial charge in [-0.3, -0.25) is 0 Å². The maximum absolute atomic E-state index is 0. The van der Waals surface area contributed by atoms with Crippen molar-refractivity contribution in [2.24, 2.45) is 0 Å². The smallest absolute Gasteiger partial charge is 0 e. The molecule has 0 aliphatic carbocycles. The minimum atomic E-state index is 0. The Kier molecular flexibility index (Phi) is 130. The second-order valence-corrected chi connectivity index (χ2v) is 0. The molecule has 4 radical (unpaired) electrons. The third-order valence-electron chi connectivity index (χ3n) is 0. The fourth-order valence-corrected chi connectivity index (χ4v) is 0. The van der Waals surface area contributed by atoms with Gasteiger partial charge in [0.25, 0.3) is 0 Å². The molecule has 0 spiro atoms. The van der Waals surface area contributed by atoms with Gasteiger partial charge in [0.1, 0.15) is 0 Å². The predicted molar refractivity (Wildman–Crippen MR) is 5.75 cm³/mol. The molecule has 0 bridgehead atoms. The molecule has 0 heterocycles. The van der Waals surface area contributed by atoms with Gasteiger partial charge in [-0.1, -0.05) is 0 Å². The molecule has 0 rings (SSSR count). The van der Waals surface area contributed by atoms with Crippen LogP contribution in [0, 0.1) is 0 Å². The molecule has 4 heteroatoms. The Morgan fingerprint density at radius 2 is 0.750 bits per heavy atom. The molecule has 28 valence electrons. The molecule has 0 aliphatic heterocycles. The molecule has 4 heavy (non-hydrogen) atoms. The van der Waals surface area contributed by atoms with E-state index < -0.39 is 0 Å². The summed E-state index contributed by atoms with van der Waals surface area (Å²) < 4.78 is 0. The average Bonchev–Trinajstić information content (AvgIpc) is 0. The van der Waals surface area contributed by atoms with E-state index in [2.05, 4.69) is 0 Å². The molecule has 0 aliphatic rings. The third-order valence-corrected chi connectivity index (χ3v) is 0. The molecule has 0 aromatic rings. The van der Waals surface area contributed by atoms with Crippen LogP contribution in [0.15, 0.2) is 0 Å². The first-order valence-corrected chi connectivity index (χ1v) is 0. The molecule has 0 atom stereocenters. The van der Waals surface area contributed by atoms with Crippen molar-refractivity contribution < 1.29 is 60.3 Å². The van der Waals surface area contributed by atoms with Gasteiger partial charge in [-0.25, -0.2) is 0 Å². The molecular weight excluding hydrogens is 243 g/mol. The topological polar surface area (TPSA) is 0 Å². The number of rotatable bonds is 0. The summed E-state index contributed by atoms with van der Waals surface area (Å²) in [5.74, 6) is 0. The summed E-state index contributed by atoms with van der Waals surface area (Å²) in [6.45, 7) is 0. The Morgan fingerprint density at radius 1 is 0.750 bits per heavy atom. The van der Waals surface area contributed by atoms with Crippen molar-refractivity contribution in [3.63, 3.8) is 0 Å². The summed E-state index contributed by atoms with van der Waals surface area (Å²) in [6.07, 6.45) is 0. The van der Waals surface area contributed by atoms with Crippen molar-refractivity contribution in [3.05, 3.63) is 0 Å². The molecule has 0 aromatic heterocycles. The molecule has 0 unspecified atom stereocenters. The van der Waals surface area contributed by atoms with Crippen LogP contribution >= 0.6 is 0 Å². The van der Waals surface area contributed by atoms with Gasteiger partial charge in [0.15, 0.2) is 0 Å². The van der Waals surface area contributed by atoms with Gasteiger partial charge in [-0.05, 0) is 0 Å². The maximum atomic E-state index is 0. The van der Waals surface area contributed by atoms with Gasteiger partial charge in [-0.2, -0.15) is 0 Å². The normalized spacial score (nSPS) is 0. The van der Waals surface area contributed by atoms with Crippen LogP contribution in [0.3, 0.4) is 0 Å². The van der Waals surface area contributed by atoms with Crippen molar-refractivity contribution in [1.82, 2.24) is 0 Å². The van der Waals surface area contributed by atoms with E-state index in [0.717, 1.165) is 0 Å². The summed E-state index contributed by atoms with van der Waals surface area (Å²) in [6, 6.07) is 0. The van der Waals surface area contributed by atoms with Gasteiger partial charge in [0.05, 0.1) is 0 Å². The summed E-state index contributed by atoms with van der Waals surface area (Å²) >= 11 is 0. The van der Waals surface area contributed by atoms with Crippen LogP contribution in [0.25, 0.3) is 0 Å². The molecular formula is Cu2MgZr. The quantitative estimate of drug-likeness (QED) is 0.508. The molecule has 0 aromatic carbocycles. The standard InChI is InChI=1S/2Cu.Mg.Zr. The largest absolute Gasteiger partial charge is 0 e. The minimum absolute atomic E-state index is 0. The van der Waals surface area contributed by atoms with Gasteiger partial charge >= 0.3 is 0 Å². The van der Waals surface area contributed by atoms with Crippen LogP contribution < -0.4 is 0 Å². The number of hydrogen-bond donors (Lipinski definition) is 0. The average molecular weight is 243 g/mol. The van der Waals surface area contributed by atoms with Crippen molar-refractivity contribution in [1.29, 1.82) is 0 Å². The van der Waals surface area contributed by atoms with Crippen molar-refractivity contribution in [2.45, 2.75) is 0 Å². The SMILES string of the molecule is [Cu].[Cu].[Mg].[Zr]. The molecule has 0 saturated heterocycles. The van der Waals surface area contributed by atoms with E-state index in [1.807, 2.05) is 0 Å². The Bertz CT molecular complexity index is 6.00. The monoisotopic (exact) mass is 240 g/mol. The van der Waals surface area contributed by atoms with E-state index in [0.29, 0.717) is 0 Å². The number of hydrogen-bond acceptors (Lipinski definition) is 0. The van der Waals surface area contributed by atoms with Crippen LogP contribution in [0.4, 0.5) is 0 Å². The maximum Gasteiger partial charge on any atom is 0 e. The van der Waals surface area contributed by atoms with Crippen molar-refractivity contribution >= 4 is 23.1 Å². The second-order valence-electron chi connectivity index (χ2n) is 0. The van der Waals surface area contributed by atoms with E-state index in [4.69, 9.17) is 0 Å². The van der Waals surface area contributed by atoms with E-state index in [1.54, 1.807) is 0 Å². The Balaban J connectivity index is 0. The van der Waals surface area contributed by atoms with E-state index in [1.165, 1.54) is 0 Å². The fourth-order valence-electron chi connectivity index (χ4n) is 0. The Morgan fingerprint density at radius 3 is 0.750 bits per heavy atom. The van der Waals surface area contributed by atoms with Gasteiger partial charge in [0.2, 0.25) is 0 Å². The van der Waals surface area contributed by atoms with Crippen LogP contribution in [-0.4, -0.2) is 23.1 Å². The van der Waals surface area contributed by atoms with Crippen LogP contribution in [0.5, 0.6) is 0 Å². The summed E-state index contributed by atoms with van der Waals surface area (Å²) in [4.78, 5) is 0. The zero-order valence-electron chi connectivity index (χ0n) is 1.81. The van der Waals surface area contributed by atoms with E-state index >= 15 is 0 Å². The molecule has 0 fully saturated rings. The van der Waals surface area contributed by atoms with E-state index in [-0.39, 0.29) is 83.4 Å². The van der Waals surface area contributed by atoms with E-state index in [9.17, 15) is 0 Å².